The first-order valence-electron chi connectivity index (χ1n) is 6.05. The van der Waals surface area contributed by atoms with Gasteiger partial charge in [-0.25, -0.2) is 4.98 Å². The van der Waals surface area contributed by atoms with Gasteiger partial charge < -0.3 is 4.57 Å². The van der Waals surface area contributed by atoms with E-state index < -0.39 is 5.92 Å². The number of nitrogens with zero attached hydrogens (tertiary/aromatic N) is 3. The van der Waals surface area contributed by atoms with Crippen LogP contribution >= 0.6 is 11.3 Å². The third kappa shape index (κ3) is 2.59. The van der Waals surface area contributed by atoms with E-state index in [0.717, 1.165) is 5.69 Å². The van der Waals surface area contributed by atoms with Crippen molar-refractivity contribution in [2.75, 3.05) is 0 Å². The zero-order valence-corrected chi connectivity index (χ0v) is 11.9. The molecule has 0 aliphatic rings. The minimum Gasteiger partial charge on any atom is -0.348 e. The molecule has 0 aliphatic heterocycles. The SMILES string of the molecule is CC(C)c1csc([C@H](C#N)C(=O)c2cccn2C)n1. The number of aryl methyl sites for hydroxylation is 1. The predicted octanol–water partition coefficient (Wildman–Crippen LogP) is 3.10. The van der Waals surface area contributed by atoms with Crippen LogP contribution in [-0.2, 0) is 7.05 Å². The molecule has 1 atom stereocenters. The molecular weight excluding hydrogens is 258 g/mol. The standard InChI is InChI=1S/C14H15N3OS/c1-9(2)11-8-19-14(16-11)10(7-15)13(18)12-5-4-6-17(12)3/h4-6,8-10H,1-3H3/t10-/m1/s1. The van der Waals surface area contributed by atoms with Crippen LogP contribution in [-0.4, -0.2) is 15.3 Å². The summed E-state index contributed by atoms with van der Waals surface area (Å²) < 4.78 is 1.73. The lowest BCUT2D eigenvalue weighted by molar-refractivity contribution is 0.0971. The van der Waals surface area contributed by atoms with E-state index in [1.54, 1.807) is 29.9 Å². The third-order valence-electron chi connectivity index (χ3n) is 2.97. The van der Waals surface area contributed by atoms with Crippen LogP contribution in [0.4, 0.5) is 0 Å². The van der Waals surface area contributed by atoms with Crippen molar-refractivity contribution in [2.45, 2.75) is 25.7 Å². The Hall–Kier alpha value is -1.93. The smallest absolute Gasteiger partial charge is 0.203 e. The first-order chi connectivity index (χ1) is 9.04. The van der Waals surface area contributed by atoms with E-state index in [-0.39, 0.29) is 5.78 Å². The van der Waals surface area contributed by atoms with Crippen LogP contribution in [0.2, 0.25) is 0 Å². The summed E-state index contributed by atoms with van der Waals surface area (Å²) in [5.41, 5.74) is 1.47. The zero-order chi connectivity index (χ0) is 14.0. The molecular formula is C14H15N3OS. The topological polar surface area (TPSA) is 58.7 Å². The molecule has 0 aliphatic carbocycles. The van der Waals surface area contributed by atoms with E-state index >= 15 is 0 Å². The number of nitriles is 1. The lowest BCUT2D eigenvalue weighted by atomic mass is 10.0. The van der Waals surface area contributed by atoms with Crippen LogP contribution < -0.4 is 0 Å². The molecule has 0 spiro atoms. The van der Waals surface area contributed by atoms with Gasteiger partial charge in [-0.1, -0.05) is 13.8 Å². The Morgan fingerprint density at radius 3 is 2.74 bits per heavy atom. The quantitative estimate of drug-likeness (QED) is 0.804. The van der Waals surface area contributed by atoms with E-state index in [0.29, 0.717) is 16.6 Å². The second-order valence-corrected chi connectivity index (χ2v) is 5.59. The van der Waals surface area contributed by atoms with Crippen molar-refractivity contribution in [2.24, 2.45) is 7.05 Å². The number of carbonyl (C=O) groups excluding carboxylic acids is 1. The molecule has 4 nitrogen and oxygen atoms in total. The third-order valence-corrected chi connectivity index (χ3v) is 3.89. The highest BCUT2D eigenvalue weighted by atomic mass is 32.1. The molecule has 0 saturated heterocycles. The summed E-state index contributed by atoms with van der Waals surface area (Å²) in [5, 5.41) is 11.8. The van der Waals surface area contributed by atoms with Crippen molar-refractivity contribution < 1.29 is 4.79 Å². The van der Waals surface area contributed by atoms with E-state index in [4.69, 9.17) is 0 Å². The fourth-order valence-corrected chi connectivity index (χ4v) is 2.81. The predicted molar refractivity (Wildman–Crippen MR) is 74.3 cm³/mol. The second kappa shape index (κ2) is 5.37. The van der Waals surface area contributed by atoms with E-state index in [9.17, 15) is 10.1 Å². The Kier molecular flexibility index (Phi) is 3.82. The molecule has 2 heterocycles. The van der Waals surface area contributed by atoms with Crippen molar-refractivity contribution in [3.8, 4) is 6.07 Å². The molecule has 5 heteroatoms. The monoisotopic (exact) mass is 273 g/mol. The van der Waals surface area contributed by atoms with Gasteiger partial charge in [0, 0.05) is 18.6 Å². The highest BCUT2D eigenvalue weighted by Crippen LogP contribution is 2.26. The molecule has 2 rings (SSSR count). The first kappa shape index (κ1) is 13.5. The molecule has 19 heavy (non-hydrogen) atoms. The number of Topliss-reactive ketones (excluding diaryl/α,β-unsaturated/α-hetero) is 1. The lowest BCUT2D eigenvalue weighted by Gasteiger charge is -2.06. The average Bonchev–Trinajstić information content (AvgIpc) is 2.99. The van der Waals surface area contributed by atoms with Gasteiger partial charge in [0.1, 0.15) is 5.01 Å². The minimum absolute atomic E-state index is 0.195. The number of thiazole rings is 1. The summed E-state index contributed by atoms with van der Waals surface area (Å²) in [4.78, 5) is 16.8. The summed E-state index contributed by atoms with van der Waals surface area (Å²) in [6.07, 6.45) is 1.79. The Balaban J connectivity index is 2.32. The molecule has 98 valence electrons. The molecule has 2 aromatic heterocycles. The van der Waals surface area contributed by atoms with Gasteiger partial charge in [-0.05, 0) is 18.1 Å². The summed E-state index contributed by atoms with van der Waals surface area (Å²) in [5.74, 6) is -0.708. The summed E-state index contributed by atoms with van der Waals surface area (Å²) in [7, 11) is 1.79. The molecule has 0 unspecified atom stereocenters. The summed E-state index contributed by atoms with van der Waals surface area (Å²) in [6.45, 7) is 4.08. The number of hydrogen-bond acceptors (Lipinski definition) is 4. The van der Waals surface area contributed by atoms with Crippen LogP contribution in [0.5, 0.6) is 0 Å². The van der Waals surface area contributed by atoms with Gasteiger partial charge in [-0.15, -0.1) is 11.3 Å². The maximum atomic E-state index is 12.4. The van der Waals surface area contributed by atoms with Crippen molar-refractivity contribution in [1.82, 2.24) is 9.55 Å². The maximum absolute atomic E-state index is 12.4. The molecule has 2 aromatic rings. The molecule has 0 fully saturated rings. The zero-order valence-electron chi connectivity index (χ0n) is 11.1. The largest absolute Gasteiger partial charge is 0.348 e. The number of ketones is 1. The van der Waals surface area contributed by atoms with Gasteiger partial charge in [0.2, 0.25) is 5.78 Å². The van der Waals surface area contributed by atoms with Crippen molar-refractivity contribution >= 4 is 17.1 Å². The van der Waals surface area contributed by atoms with Crippen LogP contribution in [0.3, 0.4) is 0 Å². The van der Waals surface area contributed by atoms with Gasteiger partial charge >= 0.3 is 0 Å². The molecule has 0 N–H and O–H groups in total. The first-order valence-corrected chi connectivity index (χ1v) is 6.93. The average molecular weight is 273 g/mol. The number of aromatic nitrogens is 2. The second-order valence-electron chi connectivity index (χ2n) is 4.70. The van der Waals surface area contributed by atoms with Crippen molar-refractivity contribution in [1.29, 1.82) is 5.26 Å². The Bertz CT molecular complexity index is 633. The number of carbonyl (C=O) groups is 1. The lowest BCUT2D eigenvalue weighted by Crippen LogP contribution is -2.14. The van der Waals surface area contributed by atoms with Crippen LogP contribution in [0.1, 0.15) is 46.9 Å². The van der Waals surface area contributed by atoms with E-state index in [1.165, 1.54) is 11.3 Å². The van der Waals surface area contributed by atoms with Gasteiger partial charge in [0.15, 0.2) is 5.92 Å². The fourth-order valence-electron chi connectivity index (χ4n) is 1.79. The molecule has 0 aromatic carbocycles. The van der Waals surface area contributed by atoms with Crippen molar-refractivity contribution in [3.63, 3.8) is 0 Å². The molecule has 0 amide bonds. The van der Waals surface area contributed by atoms with Gasteiger partial charge in [-0.2, -0.15) is 5.26 Å². The van der Waals surface area contributed by atoms with Crippen LogP contribution in [0, 0.1) is 11.3 Å². The molecule has 0 bridgehead atoms. The Morgan fingerprint density at radius 1 is 1.53 bits per heavy atom. The van der Waals surface area contributed by atoms with Gasteiger partial charge in [-0.3, -0.25) is 4.79 Å². The van der Waals surface area contributed by atoms with Gasteiger partial charge in [0.25, 0.3) is 0 Å². The number of hydrogen-bond donors (Lipinski definition) is 0. The van der Waals surface area contributed by atoms with Crippen LogP contribution in [0.25, 0.3) is 0 Å². The fraction of sp³-hybridized carbons (Fsp3) is 0.357. The summed E-state index contributed by atoms with van der Waals surface area (Å²) in [6, 6.07) is 5.59. The van der Waals surface area contributed by atoms with Crippen molar-refractivity contribution in [3.05, 3.63) is 40.1 Å². The molecule has 0 saturated carbocycles. The minimum atomic E-state index is -0.814. The van der Waals surface area contributed by atoms with Gasteiger partial charge in [0.05, 0.1) is 17.5 Å². The Labute approximate surface area is 116 Å². The maximum Gasteiger partial charge on any atom is 0.203 e. The number of rotatable bonds is 4. The summed E-state index contributed by atoms with van der Waals surface area (Å²) >= 11 is 1.38. The Morgan fingerprint density at radius 2 is 2.26 bits per heavy atom. The highest BCUT2D eigenvalue weighted by Gasteiger charge is 2.26. The van der Waals surface area contributed by atoms with E-state index in [2.05, 4.69) is 11.1 Å². The molecule has 0 radical (unpaired) electrons. The van der Waals surface area contributed by atoms with E-state index in [1.807, 2.05) is 19.2 Å². The van der Waals surface area contributed by atoms with Crippen LogP contribution in [0.15, 0.2) is 23.7 Å². The highest BCUT2D eigenvalue weighted by molar-refractivity contribution is 7.10. The normalized spacial score (nSPS) is 12.4.